The highest BCUT2D eigenvalue weighted by molar-refractivity contribution is 5.85. The number of carbonyl (C=O) groups excluding carboxylic acids is 1. The summed E-state index contributed by atoms with van der Waals surface area (Å²) in [5.74, 6) is -23.5. The van der Waals surface area contributed by atoms with Crippen LogP contribution in [-0.4, -0.2) is 47.6 Å². The van der Waals surface area contributed by atoms with Gasteiger partial charge in [-0.3, -0.25) is 4.79 Å². The van der Waals surface area contributed by atoms with Crippen LogP contribution in [-0.2, 0) is 4.79 Å². The minimum atomic E-state index is -7.12. The van der Waals surface area contributed by atoms with Crippen LogP contribution in [0.1, 0.15) is 13.3 Å². The van der Waals surface area contributed by atoms with E-state index < -0.39 is 42.5 Å². The SMILES string of the molecule is CCC(CO)NC(=O)C(F)(F)C(F)(F)C(F)(F)C(F)(F)F. The number of hydrogen-bond donors (Lipinski definition) is 2. The molecule has 0 rings (SSSR count). The maximum atomic E-state index is 13.0. The molecule has 0 aromatic carbocycles. The Kier molecular flexibility index (Phi) is 5.55. The Labute approximate surface area is 112 Å². The predicted molar refractivity (Wildman–Crippen MR) is 50.2 cm³/mol. The van der Waals surface area contributed by atoms with E-state index in [2.05, 4.69) is 0 Å². The van der Waals surface area contributed by atoms with Gasteiger partial charge in [-0.1, -0.05) is 6.92 Å². The normalized spacial score (nSPS) is 15.8. The van der Waals surface area contributed by atoms with Gasteiger partial charge >= 0.3 is 23.9 Å². The number of nitrogens with one attached hydrogen (secondary N) is 1. The van der Waals surface area contributed by atoms with Gasteiger partial charge in [0.1, 0.15) is 0 Å². The Bertz CT molecular complexity index is 376. The second kappa shape index (κ2) is 5.89. The molecule has 12 heteroatoms. The average molecular weight is 335 g/mol. The van der Waals surface area contributed by atoms with Crippen LogP contribution >= 0.6 is 0 Å². The molecule has 21 heavy (non-hydrogen) atoms. The first kappa shape index (κ1) is 19.8. The highest BCUT2D eigenvalue weighted by Gasteiger charge is 2.83. The molecule has 1 unspecified atom stereocenters. The molecule has 126 valence electrons. The molecule has 1 amide bonds. The van der Waals surface area contributed by atoms with Gasteiger partial charge < -0.3 is 10.4 Å². The van der Waals surface area contributed by atoms with E-state index in [1.54, 1.807) is 0 Å². The second-order valence-electron chi connectivity index (χ2n) is 3.98. The lowest BCUT2D eigenvalue weighted by atomic mass is 10.0. The van der Waals surface area contributed by atoms with Crippen LogP contribution in [0.4, 0.5) is 39.5 Å². The first-order valence-corrected chi connectivity index (χ1v) is 5.28. The summed E-state index contributed by atoms with van der Waals surface area (Å²) in [5.41, 5.74) is 0. The van der Waals surface area contributed by atoms with E-state index in [1.165, 1.54) is 6.92 Å². The third-order valence-electron chi connectivity index (χ3n) is 2.48. The van der Waals surface area contributed by atoms with Crippen LogP contribution in [0.5, 0.6) is 0 Å². The number of halogens is 9. The summed E-state index contributed by atoms with van der Waals surface area (Å²) in [5, 5.41) is 9.62. The zero-order valence-electron chi connectivity index (χ0n) is 10.2. The topological polar surface area (TPSA) is 49.3 Å². The molecular formula is C9H10F9NO2. The van der Waals surface area contributed by atoms with Crippen molar-refractivity contribution in [2.75, 3.05) is 6.61 Å². The third kappa shape index (κ3) is 3.35. The van der Waals surface area contributed by atoms with Gasteiger partial charge in [-0.15, -0.1) is 0 Å². The van der Waals surface area contributed by atoms with Gasteiger partial charge in [0.05, 0.1) is 12.6 Å². The number of aliphatic hydroxyl groups is 1. The maximum Gasteiger partial charge on any atom is 0.460 e. The summed E-state index contributed by atoms with van der Waals surface area (Å²) in [7, 11) is 0. The van der Waals surface area contributed by atoms with E-state index in [4.69, 9.17) is 5.11 Å². The van der Waals surface area contributed by atoms with Crippen molar-refractivity contribution in [1.82, 2.24) is 5.32 Å². The molecule has 0 spiro atoms. The smallest absolute Gasteiger partial charge is 0.394 e. The van der Waals surface area contributed by atoms with E-state index in [-0.39, 0.29) is 6.42 Å². The van der Waals surface area contributed by atoms with Crippen molar-refractivity contribution in [3.05, 3.63) is 0 Å². The minimum Gasteiger partial charge on any atom is -0.394 e. The Hall–Kier alpha value is -1.20. The number of hydrogen-bond acceptors (Lipinski definition) is 2. The van der Waals surface area contributed by atoms with Crippen molar-refractivity contribution in [3.8, 4) is 0 Å². The number of rotatable bonds is 6. The lowest BCUT2D eigenvalue weighted by Crippen LogP contribution is -2.66. The van der Waals surface area contributed by atoms with Gasteiger partial charge in [-0.25, -0.2) is 0 Å². The van der Waals surface area contributed by atoms with Gasteiger partial charge in [-0.2, -0.15) is 39.5 Å². The number of aliphatic hydroxyl groups excluding tert-OH is 1. The Morgan fingerprint density at radius 2 is 1.43 bits per heavy atom. The van der Waals surface area contributed by atoms with Crippen LogP contribution in [0.15, 0.2) is 0 Å². The fourth-order valence-electron chi connectivity index (χ4n) is 1.07. The lowest BCUT2D eigenvalue weighted by molar-refractivity contribution is -0.388. The molecule has 0 fully saturated rings. The second-order valence-corrected chi connectivity index (χ2v) is 3.98. The molecule has 2 N–H and O–H groups in total. The van der Waals surface area contributed by atoms with E-state index in [1.807, 2.05) is 0 Å². The summed E-state index contributed by atoms with van der Waals surface area (Å²) >= 11 is 0. The van der Waals surface area contributed by atoms with Crippen LogP contribution in [0, 0.1) is 0 Å². The van der Waals surface area contributed by atoms with Crippen LogP contribution in [0.3, 0.4) is 0 Å². The van der Waals surface area contributed by atoms with Crippen molar-refractivity contribution < 1.29 is 49.4 Å². The first-order valence-electron chi connectivity index (χ1n) is 5.28. The monoisotopic (exact) mass is 335 g/mol. The van der Waals surface area contributed by atoms with Gasteiger partial charge in [-0.05, 0) is 6.42 Å². The first-order chi connectivity index (χ1) is 9.16. The minimum absolute atomic E-state index is 0.250. The molecule has 3 nitrogen and oxygen atoms in total. The molecule has 0 saturated heterocycles. The summed E-state index contributed by atoms with van der Waals surface area (Å²) in [4.78, 5) is 10.9. The summed E-state index contributed by atoms with van der Waals surface area (Å²) in [6.07, 6.45) is -7.24. The zero-order chi connectivity index (χ0) is 17.3. The van der Waals surface area contributed by atoms with E-state index in [9.17, 15) is 44.3 Å². The molecule has 0 radical (unpaired) electrons. The van der Waals surface area contributed by atoms with Crippen molar-refractivity contribution in [1.29, 1.82) is 0 Å². The van der Waals surface area contributed by atoms with Crippen molar-refractivity contribution >= 4 is 5.91 Å². The van der Waals surface area contributed by atoms with Crippen molar-refractivity contribution in [3.63, 3.8) is 0 Å². The fourth-order valence-corrected chi connectivity index (χ4v) is 1.07. The molecule has 0 saturated carbocycles. The van der Waals surface area contributed by atoms with Gasteiger partial charge in [0, 0.05) is 0 Å². The fraction of sp³-hybridized carbons (Fsp3) is 0.889. The molecule has 0 heterocycles. The van der Waals surface area contributed by atoms with E-state index in [0.29, 0.717) is 0 Å². The van der Waals surface area contributed by atoms with Crippen LogP contribution in [0.25, 0.3) is 0 Å². The third-order valence-corrected chi connectivity index (χ3v) is 2.48. The largest absolute Gasteiger partial charge is 0.460 e. The summed E-state index contributed by atoms with van der Waals surface area (Å²) in [6.45, 7) is 0.210. The summed E-state index contributed by atoms with van der Waals surface area (Å²) < 4.78 is 112. The van der Waals surface area contributed by atoms with Gasteiger partial charge in [0.2, 0.25) is 0 Å². The Morgan fingerprint density at radius 3 is 1.71 bits per heavy atom. The Balaban J connectivity index is 5.52. The number of amides is 1. The van der Waals surface area contributed by atoms with Crippen LogP contribution < -0.4 is 5.32 Å². The van der Waals surface area contributed by atoms with Crippen LogP contribution in [0.2, 0.25) is 0 Å². The number of alkyl halides is 9. The molecule has 0 aromatic rings. The van der Waals surface area contributed by atoms with Gasteiger partial charge in [0.15, 0.2) is 0 Å². The summed E-state index contributed by atoms with van der Waals surface area (Å²) in [6, 6.07) is -1.50. The molecule has 0 aliphatic heterocycles. The van der Waals surface area contributed by atoms with Gasteiger partial charge in [0.25, 0.3) is 5.91 Å². The quantitative estimate of drug-likeness (QED) is 0.732. The molecule has 1 atom stereocenters. The maximum absolute atomic E-state index is 13.0. The van der Waals surface area contributed by atoms with Crippen molar-refractivity contribution in [2.45, 2.75) is 43.3 Å². The Morgan fingerprint density at radius 1 is 1.00 bits per heavy atom. The molecule has 0 aromatic heterocycles. The highest BCUT2D eigenvalue weighted by Crippen LogP contribution is 2.53. The van der Waals surface area contributed by atoms with Crippen molar-refractivity contribution in [2.24, 2.45) is 0 Å². The zero-order valence-corrected chi connectivity index (χ0v) is 10.2. The standard InChI is InChI=1S/C9H10F9NO2/c1-2-4(3-20)19-5(21)6(10,11)7(12,13)8(14,15)9(16,17)18/h4,20H,2-3H2,1H3,(H,19,21). The van der Waals surface area contributed by atoms with E-state index >= 15 is 0 Å². The molecule has 0 aliphatic carbocycles. The average Bonchev–Trinajstić information content (AvgIpc) is 2.33. The highest BCUT2D eigenvalue weighted by atomic mass is 19.4. The molecule has 0 aliphatic rings. The molecule has 0 bridgehead atoms. The number of carbonyl (C=O) groups is 1. The predicted octanol–water partition coefficient (Wildman–Crippen LogP) is 2.34. The molecular weight excluding hydrogens is 325 g/mol. The lowest BCUT2D eigenvalue weighted by Gasteiger charge is -2.33. The van der Waals surface area contributed by atoms with E-state index in [0.717, 1.165) is 5.32 Å².